The number of carbonyl (C=O) groups excluding carboxylic acids is 2. The van der Waals surface area contributed by atoms with Gasteiger partial charge in [-0.3, -0.25) is 9.59 Å². The molecular weight excluding hydrogens is 492 g/mol. The lowest BCUT2D eigenvalue weighted by Gasteiger charge is -2.41. The van der Waals surface area contributed by atoms with Crippen molar-refractivity contribution in [3.05, 3.63) is 108 Å². The van der Waals surface area contributed by atoms with Crippen LogP contribution in [0.5, 0.6) is 0 Å². The minimum absolute atomic E-state index is 0.0824. The summed E-state index contributed by atoms with van der Waals surface area (Å²) in [5.74, 6) is -1.61. The predicted octanol–water partition coefficient (Wildman–Crippen LogP) is 5.59. The molecule has 6 nitrogen and oxygen atoms in total. The lowest BCUT2D eigenvalue weighted by molar-refractivity contribution is -0.192. The fourth-order valence-corrected chi connectivity index (χ4v) is 7.78. The van der Waals surface area contributed by atoms with E-state index in [2.05, 4.69) is 0 Å². The van der Waals surface area contributed by atoms with Gasteiger partial charge in [0.15, 0.2) is 6.29 Å². The molecule has 0 radical (unpaired) electrons. The number of ether oxygens (including phenoxy) is 4. The maximum atomic E-state index is 13.9. The lowest BCUT2D eigenvalue weighted by atomic mass is 9.69. The second-order valence-electron chi connectivity index (χ2n) is 11.1. The molecule has 1 aliphatic heterocycles. The molecule has 4 aliphatic carbocycles. The van der Waals surface area contributed by atoms with Crippen LogP contribution in [-0.2, 0) is 35.1 Å². The molecule has 8 rings (SSSR count). The van der Waals surface area contributed by atoms with E-state index in [0.29, 0.717) is 19.4 Å². The van der Waals surface area contributed by atoms with Crippen LogP contribution in [0.3, 0.4) is 0 Å². The Kier molecular flexibility index (Phi) is 5.96. The third kappa shape index (κ3) is 3.51. The van der Waals surface area contributed by atoms with E-state index in [1.807, 2.05) is 91.0 Å². The van der Waals surface area contributed by atoms with Crippen LogP contribution in [0.1, 0.15) is 48.7 Å². The fraction of sp³-hybridized carbons (Fsp3) is 0.394. The van der Waals surface area contributed by atoms with Gasteiger partial charge in [0.2, 0.25) is 0 Å². The van der Waals surface area contributed by atoms with Crippen LogP contribution in [0.4, 0.5) is 0 Å². The van der Waals surface area contributed by atoms with E-state index in [4.69, 9.17) is 18.9 Å². The van der Waals surface area contributed by atoms with Crippen LogP contribution >= 0.6 is 0 Å². The van der Waals surface area contributed by atoms with Crippen molar-refractivity contribution in [3.63, 3.8) is 0 Å². The number of Topliss-reactive ketones (excluding diaryl/α,β-unsaturated/α-hetero) is 1. The Bertz CT molecular complexity index is 1310. The first-order chi connectivity index (χ1) is 19.1. The first-order valence-corrected chi connectivity index (χ1v) is 13.9. The van der Waals surface area contributed by atoms with E-state index in [9.17, 15) is 9.59 Å². The maximum Gasteiger partial charge on any atom is 0.316 e. The number of fused-ring (bicyclic) bond motifs is 1. The Morgan fingerprint density at radius 2 is 1.44 bits per heavy atom. The third-order valence-electron chi connectivity index (χ3n) is 9.31. The molecule has 3 aromatic carbocycles. The van der Waals surface area contributed by atoms with Gasteiger partial charge in [-0.1, -0.05) is 91.0 Å². The fourth-order valence-electron chi connectivity index (χ4n) is 7.78. The minimum Gasteiger partial charge on any atom is -0.465 e. The quantitative estimate of drug-likeness (QED) is 0.358. The summed E-state index contributed by atoms with van der Waals surface area (Å²) in [6.07, 6.45) is -0.194. The van der Waals surface area contributed by atoms with Gasteiger partial charge in [-0.25, -0.2) is 0 Å². The molecule has 7 atom stereocenters. The van der Waals surface area contributed by atoms with Crippen molar-refractivity contribution in [3.8, 4) is 0 Å². The van der Waals surface area contributed by atoms with E-state index in [-0.39, 0.29) is 36.5 Å². The molecular formula is C33H32O6. The van der Waals surface area contributed by atoms with E-state index in [0.717, 1.165) is 16.7 Å². The van der Waals surface area contributed by atoms with Crippen molar-refractivity contribution in [1.29, 1.82) is 0 Å². The number of ketones is 1. The van der Waals surface area contributed by atoms with E-state index in [1.165, 1.54) is 0 Å². The van der Waals surface area contributed by atoms with Crippen molar-refractivity contribution in [2.75, 3.05) is 6.61 Å². The number of benzene rings is 3. The molecule has 4 saturated carbocycles. The minimum atomic E-state index is -1.10. The zero-order valence-corrected chi connectivity index (χ0v) is 21.9. The van der Waals surface area contributed by atoms with Gasteiger partial charge >= 0.3 is 5.97 Å². The summed E-state index contributed by atoms with van der Waals surface area (Å²) in [5, 5.41) is 0. The Morgan fingerprint density at radius 3 is 2.00 bits per heavy atom. The van der Waals surface area contributed by atoms with Crippen LogP contribution < -0.4 is 0 Å². The Morgan fingerprint density at radius 1 is 0.872 bits per heavy atom. The van der Waals surface area contributed by atoms with Gasteiger partial charge in [0, 0.05) is 11.8 Å². The summed E-state index contributed by atoms with van der Waals surface area (Å²) in [4.78, 5) is 27.7. The van der Waals surface area contributed by atoms with Crippen LogP contribution in [-0.4, -0.2) is 30.3 Å². The average molecular weight is 525 g/mol. The monoisotopic (exact) mass is 524 g/mol. The SMILES string of the molecule is CCOC(=O)[C@]12[C@H](C3O[C@@H](c4ccccc4)[C@H](c4ccccc4)O3)[C@@H]3CC[C@@]1(OCc1ccccc1)[C@H]2C3=O. The van der Waals surface area contributed by atoms with Crippen LogP contribution in [0.25, 0.3) is 0 Å². The molecule has 1 heterocycles. The summed E-state index contributed by atoms with van der Waals surface area (Å²) in [6.45, 7) is 2.36. The number of hydrogen-bond acceptors (Lipinski definition) is 6. The molecule has 0 spiro atoms. The van der Waals surface area contributed by atoms with Crippen LogP contribution in [0, 0.1) is 23.2 Å². The molecule has 0 aromatic heterocycles. The molecule has 4 bridgehead atoms. The molecule has 0 N–H and O–H groups in total. The highest BCUT2D eigenvalue weighted by Gasteiger charge is 2.95. The average Bonchev–Trinajstić information content (AvgIpc) is 3.24. The highest BCUT2D eigenvalue weighted by atomic mass is 16.7. The molecule has 0 amide bonds. The lowest BCUT2D eigenvalue weighted by Crippen LogP contribution is -2.50. The molecule has 0 unspecified atom stereocenters. The molecule has 200 valence electrons. The molecule has 3 aromatic rings. The highest BCUT2D eigenvalue weighted by Crippen LogP contribution is 2.82. The zero-order chi connectivity index (χ0) is 26.6. The largest absolute Gasteiger partial charge is 0.465 e. The predicted molar refractivity (Wildman–Crippen MR) is 142 cm³/mol. The summed E-state index contributed by atoms with van der Waals surface area (Å²) < 4.78 is 25.7. The Balaban J connectivity index is 1.27. The van der Waals surface area contributed by atoms with Crippen molar-refractivity contribution >= 4 is 11.8 Å². The van der Waals surface area contributed by atoms with Gasteiger partial charge in [0.05, 0.1) is 24.7 Å². The first-order valence-electron chi connectivity index (χ1n) is 13.9. The summed E-state index contributed by atoms with van der Waals surface area (Å²) in [5.41, 5.74) is 0.996. The van der Waals surface area contributed by atoms with Crippen molar-refractivity contribution < 1.29 is 28.5 Å². The second-order valence-corrected chi connectivity index (χ2v) is 11.1. The molecule has 5 aliphatic rings. The van der Waals surface area contributed by atoms with Crippen molar-refractivity contribution in [2.45, 2.75) is 50.5 Å². The number of esters is 1. The summed E-state index contributed by atoms with van der Waals surface area (Å²) in [7, 11) is 0. The highest BCUT2D eigenvalue weighted by molar-refractivity contribution is 6.05. The second kappa shape index (κ2) is 9.40. The number of rotatable bonds is 8. The van der Waals surface area contributed by atoms with E-state index in [1.54, 1.807) is 6.92 Å². The standard InChI is InChI=1S/C33H32O6/c1-2-36-31(35)33-25(24-18-19-32(33,29(33)26(24)34)37-20-21-12-6-3-7-13-21)30-38-27(22-14-8-4-9-15-22)28(39-30)23-16-10-5-11-17-23/h3-17,24-25,27-30H,2,18-20H2,1H3/t24-,25-,27-,28-,29+,32+,33+/m0/s1. The third-order valence-corrected chi connectivity index (χ3v) is 9.31. The van der Waals surface area contributed by atoms with Crippen LogP contribution in [0.2, 0.25) is 0 Å². The molecule has 39 heavy (non-hydrogen) atoms. The topological polar surface area (TPSA) is 71.1 Å². The number of hydrogen-bond donors (Lipinski definition) is 0. The first kappa shape index (κ1) is 24.7. The number of carbonyl (C=O) groups is 2. The van der Waals surface area contributed by atoms with E-state index < -0.39 is 29.1 Å². The van der Waals surface area contributed by atoms with E-state index >= 15 is 0 Å². The van der Waals surface area contributed by atoms with Gasteiger partial charge in [-0.05, 0) is 36.5 Å². The normalized spacial score (nSPS) is 34.7. The van der Waals surface area contributed by atoms with Crippen LogP contribution in [0.15, 0.2) is 91.0 Å². The van der Waals surface area contributed by atoms with Crippen molar-refractivity contribution in [2.24, 2.45) is 23.2 Å². The Labute approximate surface area is 228 Å². The van der Waals surface area contributed by atoms with Gasteiger partial charge in [0.25, 0.3) is 0 Å². The Hall–Kier alpha value is -3.32. The van der Waals surface area contributed by atoms with Crippen molar-refractivity contribution in [1.82, 2.24) is 0 Å². The smallest absolute Gasteiger partial charge is 0.316 e. The van der Waals surface area contributed by atoms with Gasteiger partial charge in [0.1, 0.15) is 23.4 Å². The summed E-state index contributed by atoms with van der Waals surface area (Å²) >= 11 is 0. The molecule has 5 fully saturated rings. The maximum absolute atomic E-state index is 13.9. The van der Waals surface area contributed by atoms with Gasteiger partial charge in [-0.15, -0.1) is 0 Å². The molecule has 1 saturated heterocycles. The zero-order valence-electron chi connectivity index (χ0n) is 21.9. The molecule has 6 heteroatoms. The van der Waals surface area contributed by atoms with Gasteiger partial charge < -0.3 is 18.9 Å². The van der Waals surface area contributed by atoms with Gasteiger partial charge in [-0.2, -0.15) is 0 Å². The summed E-state index contributed by atoms with van der Waals surface area (Å²) in [6, 6.07) is 29.9.